The van der Waals surface area contributed by atoms with Gasteiger partial charge in [0.25, 0.3) is 0 Å². The first-order chi connectivity index (χ1) is 11.7. The molecule has 1 N–H and O–H groups in total. The van der Waals surface area contributed by atoms with Crippen molar-refractivity contribution < 1.29 is 0 Å². The Bertz CT molecular complexity index is 961. The number of nitrogens with zero attached hydrogens (tertiary/aromatic N) is 2. The second kappa shape index (κ2) is 6.49. The highest BCUT2D eigenvalue weighted by Gasteiger charge is 2.16. The molecule has 0 spiro atoms. The molecule has 5 heteroatoms. The highest BCUT2D eigenvalue weighted by molar-refractivity contribution is 9.10. The fourth-order valence-corrected chi connectivity index (χ4v) is 3.34. The van der Waals surface area contributed by atoms with E-state index in [0.29, 0.717) is 0 Å². The van der Waals surface area contributed by atoms with E-state index in [1.54, 1.807) is 0 Å². The molecule has 2 aliphatic heterocycles. The fourth-order valence-electron chi connectivity index (χ4n) is 2.68. The van der Waals surface area contributed by atoms with E-state index in [2.05, 4.69) is 66.1 Å². The Morgan fingerprint density at radius 1 is 0.875 bits per heavy atom. The Morgan fingerprint density at radius 3 is 2.50 bits per heavy atom. The van der Waals surface area contributed by atoms with Gasteiger partial charge in [-0.25, -0.2) is 9.97 Å². The molecule has 0 radical (unpaired) electrons. The molecule has 0 saturated carbocycles. The first kappa shape index (κ1) is 15.5. The van der Waals surface area contributed by atoms with Crippen LogP contribution in [0.1, 0.15) is 11.3 Å². The average molecular weight is 443 g/mol. The van der Waals surface area contributed by atoms with E-state index in [1.165, 1.54) is 5.56 Å². The Kier molecular flexibility index (Phi) is 4.21. The van der Waals surface area contributed by atoms with E-state index < -0.39 is 0 Å². The normalized spacial score (nSPS) is 11.1. The van der Waals surface area contributed by atoms with Crippen LogP contribution >= 0.6 is 31.9 Å². The van der Waals surface area contributed by atoms with Gasteiger partial charge >= 0.3 is 0 Å². The van der Waals surface area contributed by atoms with Gasteiger partial charge in [0.15, 0.2) is 5.82 Å². The minimum atomic E-state index is 0.753. The van der Waals surface area contributed by atoms with Crippen molar-refractivity contribution in [1.29, 1.82) is 0 Å². The number of benzene rings is 2. The summed E-state index contributed by atoms with van der Waals surface area (Å²) >= 11 is 6.97. The van der Waals surface area contributed by atoms with Crippen LogP contribution in [0.4, 0.5) is 0 Å². The summed E-state index contributed by atoms with van der Waals surface area (Å²) in [4.78, 5) is 12.8. The predicted molar refractivity (Wildman–Crippen MR) is 103 cm³/mol. The van der Waals surface area contributed by atoms with Crippen LogP contribution in [0.5, 0.6) is 0 Å². The van der Waals surface area contributed by atoms with Gasteiger partial charge in [0.2, 0.25) is 0 Å². The van der Waals surface area contributed by atoms with E-state index >= 15 is 0 Å². The predicted octanol–water partition coefficient (Wildman–Crippen LogP) is 5.69. The zero-order chi connectivity index (χ0) is 16.5. The highest BCUT2D eigenvalue weighted by atomic mass is 79.9. The smallest absolute Gasteiger partial charge is 0.160 e. The SMILES string of the molecule is Brc1ccc(Cc2[nH]ccc3nc(-c4cccc(Br)c4)nc2-3)cc1. The maximum absolute atomic E-state index is 4.77. The zero-order valence-electron chi connectivity index (χ0n) is 12.6. The van der Waals surface area contributed by atoms with Gasteiger partial charge in [0, 0.05) is 32.8 Å². The second-order valence-electron chi connectivity index (χ2n) is 5.55. The summed E-state index contributed by atoms with van der Waals surface area (Å²) in [6, 6.07) is 18.4. The van der Waals surface area contributed by atoms with Crippen molar-refractivity contribution in [2.24, 2.45) is 0 Å². The molecule has 2 aliphatic rings. The van der Waals surface area contributed by atoms with Crippen LogP contribution in [0, 0.1) is 0 Å². The maximum atomic E-state index is 4.77. The third-order valence-electron chi connectivity index (χ3n) is 3.85. The summed E-state index contributed by atoms with van der Waals surface area (Å²) in [7, 11) is 0. The molecule has 24 heavy (non-hydrogen) atoms. The van der Waals surface area contributed by atoms with Crippen LogP contribution < -0.4 is 0 Å². The summed E-state index contributed by atoms with van der Waals surface area (Å²) in [5.41, 5.74) is 5.15. The largest absolute Gasteiger partial charge is 0.363 e. The summed E-state index contributed by atoms with van der Waals surface area (Å²) in [5.74, 6) is 0.753. The molecule has 0 unspecified atom stereocenters. The fraction of sp³-hybridized carbons (Fsp3) is 0.0526. The van der Waals surface area contributed by atoms with E-state index in [9.17, 15) is 0 Å². The molecule has 4 rings (SSSR count). The van der Waals surface area contributed by atoms with E-state index in [0.717, 1.165) is 43.8 Å². The van der Waals surface area contributed by atoms with Crippen LogP contribution in [0.2, 0.25) is 0 Å². The van der Waals surface area contributed by atoms with Crippen molar-refractivity contribution in [2.75, 3.05) is 0 Å². The lowest BCUT2D eigenvalue weighted by Gasteiger charge is -2.06. The summed E-state index contributed by atoms with van der Waals surface area (Å²) < 4.78 is 2.11. The van der Waals surface area contributed by atoms with Crippen molar-refractivity contribution in [2.45, 2.75) is 6.42 Å². The second-order valence-corrected chi connectivity index (χ2v) is 7.38. The number of imidazole rings is 1. The molecule has 0 aromatic heterocycles. The molecule has 0 aliphatic carbocycles. The van der Waals surface area contributed by atoms with E-state index in [4.69, 9.17) is 4.98 Å². The van der Waals surface area contributed by atoms with Gasteiger partial charge in [-0.1, -0.05) is 56.1 Å². The molecule has 2 aromatic rings. The number of hydrogen-bond donors (Lipinski definition) is 1. The summed E-state index contributed by atoms with van der Waals surface area (Å²) in [6.45, 7) is 0. The number of pyridine rings is 1. The molecule has 2 heterocycles. The topological polar surface area (TPSA) is 41.6 Å². The van der Waals surface area contributed by atoms with Gasteiger partial charge in [0.1, 0.15) is 5.69 Å². The van der Waals surface area contributed by atoms with Crippen molar-refractivity contribution in [3.63, 3.8) is 0 Å². The van der Waals surface area contributed by atoms with Crippen LogP contribution in [-0.2, 0) is 6.42 Å². The number of fused-ring (bicyclic) bond motifs is 1. The monoisotopic (exact) mass is 441 g/mol. The molecule has 0 amide bonds. The molecule has 0 saturated heterocycles. The van der Waals surface area contributed by atoms with E-state index in [-0.39, 0.29) is 0 Å². The highest BCUT2D eigenvalue weighted by Crippen LogP contribution is 2.29. The van der Waals surface area contributed by atoms with Crippen LogP contribution in [-0.4, -0.2) is 15.0 Å². The molecular formula is C19H13Br2N3. The maximum Gasteiger partial charge on any atom is 0.160 e. The van der Waals surface area contributed by atoms with Crippen LogP contribution in [0.15, 0.2) is 69.7 Å². The van der Waals surface area contributed by atoms with Gasteiger partial charge in [-0.2, -0.15) is 0 Å². The summed E-state index contributed by atoms with van der Waals surface area (Å²) in [6.07, 6.45) is 2.72. The number of halogens is 2. The standard InChI is InChI=1S/C19H13Br2N3/c20-14-6-4-12(5-7-14)10-17-18-16(8-9-22-17)23-19(24-18)13-2-1-3-15(21)11-13/h1-9,11,22H,10H2. The lowest BCUT2D eigenvalue weighted by atomic mass is 10.1. The molecular weight excluding hydrogens is 430 g/mol. The van der Waals surface area contributed by atoms with E-state index in [1.807, 2.05) is 36.5 Å². The average Bonchev–Trinajstić information content (AvgIpc) is 3.02. The van der Waals surface area contributed by atoms with Gasteiger partial charge in [-0.05, 0) is 35.9 Å². The van der Waals surface area contributed by atoms with Gasteiger partial charge in [-0.3, -0.25) is 0 Å². The first-order valence-electron chi connectivity index (χ1n) is 7.53. The molecule has 118 valence electrons. The van der Waals surface area contributed by atoms with Crippen molar-refractivity contribution in [1.82, 2.24) is 15.0 Å². The number of hydrogen-bond acceptors (Lipinski definition) is 2. The van der Waals surface area contributed by atoms with Gasteiger partial charge < -0.3 is 4.98 Å². The van der Waals surface area contributed by atoms with Crippen LogP contribution in [0.25, 0.3) is 22.8 Å². The Balaban J connectivity index is 1.74. The van der Waals surface area contributed by atoms with Crippen LogP contribution in [0.3, 0.4) is 0 Å². The van der Waals surface area contributed by atoms with Crippen molar-refractivity contribution in [3.05, 3.63) is 81.0 Å². The van der Waals surface area contributed by atoms with Crippen molar-refractivity contribution >= 4 is 31.9 Å². The minimum Gasteiger partial charge on any atom is -0.363 e. The number of nitrogens with one attached hydrogen (secondary N) is 1. The third-order valence-corrected chi connectivity index (χ3v) is 4.87. The zero-order valence-corrected chi connectivity index (χ0v) is 15.8. The number of rotatable bonds is 3. The molecule has 2 aromatic carbocycles. The van der Waals surface area contributed by atoms with Gasteiger partial charge in [-0.15, -0.1) is 0 Å². The number of aromatic amines is 1. The molecule has 0 atom stereocenters. The Hall–Kier alpha value is -1.98. The minimum absolute atomic E-state index is 0.753. The first-order valence-corrected chi connectivity index (χ1v) is 9.12. The molecule has 3 nitrogen and oxygen atoms in total. The Morgan fingerprint density at radius 2 is 1.71 bits per heavy atom. The molecule has 0 bridgehead atoms. The Labute approximate surface area is 156 Å². The lowest BCUT2D eigenvalue weighted by molar-refractivity contribution is 1.06. The number of H-pyrrole nitrogens is 1. The lowest BCUT2D eigenvalue weighted by Crippen LogP contribution is -1.96. The quantitative estimate of drug-likeness (QED) is 0.442. The summed E-state index contributed by atoms with van der Waals surface area (Å²) in [5, 5.41) is 0. The third kappa shape index (κ3) is 3.14. The van der Waals surface area contributed by atoms with Crippen molar-refractivity contribution in [3.8, 4) is 22.8 Å². The van der Waals surface area contributed by atoms with Gasteiger partial charge in [0.05, 0.1) is 5.69 Å². The number of aromatic nitrogens is 3. The molecule has 0 fully saturated rings.